The van der Waals surface area contributed by atoms with Crippen LogP contribution in [0.4, 0.5) is 10.8 Å². The summed E-state index contributed by atoms with van der Waals surface area (Å²) < 4.78 is 5.40. The van der Waals surface area contributed by atoms with Crippen LogP contribution in [-0.4, -0.2) is 31.9 Å². The van der Waals surface area contributed by atoms with E-state index in [1.165, 1.54) is 30.4 Å². The van der Waals surface area contributed by atoms with Crippen LogP contribution in [-0.2, 0) is 21.5 Å². The third kappa shape index (κ3) is 6.07. The summed E-state index contributed by atoms with van der Waals surface area (Å²) >= 11 is 1.23. The van der Waals surface area contributed by atoms with E-state index < -0.39 is 10.5 Å². The standard InChI is InChI=1S/C23H26N6O5S/c1-15(30)27-23(11-4-2-3-5-12-23)21-26-20(34-28-21)10-9-19(31)25-22-24-18(14-35-22)16-7-6-8-17(13-16)29(32)33/h6-8,13-14H,2-5,9-12H2,1H3,(H,27,30)(H,24,25,31). The minimum atomic E-state index is -0.629. The molecule has 11 nitrogen and oxygen atoms in total. The largest absolute Gasteiger partial charge is 0.343 e. The number of anilines is 1. The predicted octanol–water partition coefficient (Wildman–Crippen LogP) is 4.36. The number of rotatable bonds is 8. The molecule has 4 rings (SSSR count). The van der Waals surface area contributed by atoms with E-state index in [1.807, 2.05) is 0 Å². The van der Waals surface area contributed by atoms with Gasteiger partial charge in [-0.3, -0.25) is 19.7 Å². The summed E-state index contributed by atoms with van der Waals surface area (Å²) in [6.45, 7) is 1.49. The van der Waals surface area contributed by atoms with Crippen LogP contribution in [0.2, 0.25) is 0 Å². The monoisotopic (exact) mass is 498 g/mol. The van der Waals surface area contributed by atoms with Crippen LogP contribution in [0.25, 0.3) is 11.3 Å². The molecule has 1 aromatic carbocycles. The van der Waals surface area contributed by atoms with Crippen molar-refractivity contribution in [2.75, 3.05) is 5.32 Å². The Morgan fingerprint density at radius 1 is 1.20 bits per heavy atom. The Kier molecular flexibility index (Phi) is 7.49. The molecule has 0 saturated heterocycles. The Labute approximate surface area is 205 Å². The molecule has 2 heterocycles. The summed E-state index contributed by atoms with van der Waals surface area (Å²) in [5, 5.41) is 23.0. The Bertz CT molecular complexity index is 1210. The average Bonchev–Trinajstić information content (AvgIpc) is 3.44. The van der Waals surface area contributed by atoms with E-state index in [2.05, 4.69) is 25.8 Å². The number of carbonyl (C=O) groups excluding carboxylic acids is 2. The second-order valence-electron chi connectivity index (χ2n) is 8.58. The number of hydrogen-bond acceptors (Lipinski definition) is 9. The lowest BCUT2D eigenvalue weighted by Crippen LogP contribution is -2.45. The number of non-ortho nitro benzene ring substituents is 1. The number of aryl methyl sites for hydroxylation is 1. The van der Waals surface area contributed by atoms with Crippen molar-refractivity contribution in [3.05, 3.63) is 51.5 Å². The number of benzene rings is 1. The van der Waals surface area contributed by atoms with Crippen molar-refractivity contribution in [1.82, 2.24) is 20.4 Å². The summed E-state index contributed by atoms with van der Waals surface area (Å²) in [5.41, 5.74) is 0.489. The number of amides is 2. The summed E-state index contributed by atoms with van der Waals surface area (Å²) in [6.07, 6.45) is 6.01. The van der Waals surface area contributed by atoms with Gasteiger partial charge < -0.3 is 15.2 Å². The molecule has 3 aromatic rings. The van der Waals surface area contributed by atoms with Crippen LogP contribution < -0.4 is 10.6 Å². The van der Waals surface area contributed by atoms with Gasteiger partial charge in [0.15, 0.2) is 11.0 Å². The highest BCUT2D eigenvalue weighted by atomic mass is 32.1. The van der Waals surface area contributed by atoms with Crippen LogP contribution in [0.3, 0.4) is 0 Å². The minimum Gasteiger partial charge on any atom is -0.343 e. The van der Waals surface area contributed by atoms with Crippen LogP contribution in [0, 0.1) is 10.1 Å². The molecule has 2 N–H and O–H groups in total. The average molecular weight is 499 g/mol. The fourth-order valence-electron chi connectivity index (χ4n) is 4.27. The quantitative estimate of drug-likeness (QED) is 0.264. The number of nitro groups is 1. The maximum absolute atomic E-state index is 12.5. The highest BCUT2D eigenvalue weighted by molar-refractivity contribution is 7.14. The maximum Gasteiger partial charge on any atom is 0.270 e. The number of nitro benzene ring substituents is 1. The van der Waals surface area contributed by atoms with Crippen molar-refractivity contribution in [1.29, 1.82) is 0 Å². The molecule has 1 saturated carbocycles. The highest BCUT2D eigenvalue weighted by Gasteiger charge is 2.38. The van der Waals surface area contributed by atoms with Gasteiger partial charge in [0.2, 0.25) is 17.7 Å². The molecule has 2 amide bonds. The van der Waals surface area contributed by atoms with Crippen molar-refractivity contribution < 1.29 is 19.0 Å². The molecule has 0 unspecified atom stereocenters. The van der Waals surface area contributed by atoms with Gasteiger partial charge in [-0.25, -0.2) is 4.98 Å². The molecule has 1 aliphatic rings. The van der Waals surface area contributed by atoms with Gasteiger partial charge in [-0.05, 0) is 12.8 Å². The SMILES string of the molecule is CC(=O)NC1(c2noc(CCC(=O)Nc3nc(-c4cccc([N+](=O)[O-])c4)cs3)n2)CCCCCC1. The van der Waals surface area contributed by atoms with Crippen molar-refractivity contribution in [2.45, 2.75) is 63.8 Å². The Hall–Kier alpha value is -3.67. The zero-order valence-electron chi connectivity index (χ0n) is 19.3. The van der Waals surface area contributed by atoms with Crippen LogP contribution in [0.15, 0.2) is 34.2 Å². The van der Waals surface area contributed by atoms with Gasteiger partial charge in [-0.1, -0.05) is 43.0 Å². The molecule has 0 atom stereocenters. The first kappa shape index (κ1) is 24.5. The third-order valence-corrected chi connectivity index (χ3v) is 6.70. The molecule has 0 bridgehead atoms. The van der Waals surface area contributed by atoms with E-state index in [1.54, 1.807) is 17.5 Å². The molecule has 0 radical (unpaired) electrons. The molecule has 35 heavy (non-hydrogen) atoms. The number of hydrogen-bond donors (Lipinski definition) is 2. The smallest absolute Gasteiger partial charge is 0.270 e. The maximum atomic E-state index is 12.5. The van der Waals surface area contributed by atoms with E-state index in [-0.39, 0.29) is 30.3 Å². The highest BCUT2D eigenvalue weighted by Crippen LogP contribution is 2.34. The lowest BCUT2D eigenvalue weighted by Gasteiger charge is -2.30. The first-order valence-electron chi connectivity index (χ1n) is 11.5. The third-order valence-electron chi connectivity index (χ3n) is 5.94. The molecular formula is C23H26N6O5S. The zero-order valence-corrected chi connectivity index (χ0v) is 20.1. The lowest BCUT2D eigenvalue weighted by atomic mass is 9.89. The van der Waals surface area contributed by atoms with Gasteiger partial charge in [-0.15, -0.1) is 11.3 Å². The van der Waals surface area contributed by atoms with Gasteiger partial charge >= 0.3 is 0 Å². The Balaban J connectivity index is 1.36. The van der Waals surface area contributed by atoms with Gasteiger partial charge in [-0.2, -0.15) is 4.98 Å². The number of thiazole rings is 1. The van der Waals surface area contributed by atoms with E-state index in [9.17, 15) is 19.7 Å². The van der Waals surface area contributed by atoms with Gasteiger partial charge in [0.05, 0.1) is 10.6 Å². The second kappa shape index (κ2) is 10.7. The second-order valence-corrected chi connectivity index (χ2v) is 9.44. The Morgan fingerprint density at radius 3 is 2.69 bits per heavy atom. The van der Waals surface area contributed by atoms with Crippen LogP contribution in [0.5, 0.6) is 0 Å². The topological polar surface area (TPSA) is 153 Å². The van der Waals surface area contributed by atoms with E-state index in [4.69, 9.17) is 4.52 Å². The number of aromatic nitrogens is 3. The first-order valence-corrected chi connectivity index (χ1v) is 12.3. The lowest BCUT2D eigenvalue weighted by molar-refractivity contribution is -0.384. The zero-order chi connectivity index (χ0) is 24.8. The molecule has 1 fully saturated rings. The van der Waals surface area contributed by atoms with Crippen LogP contribution in [0.1, 0.15) is 63.6 Å². The summed E-state index contributed by atoms with van der Waals surface area (Å²) in [6, 6.07) is 6.17. The first-order chi connectivity index (χ1) is 16.8. The summed E-state index contributed by atoms with van der Waals surface area (Å²) in [4.78, 5) is 43.7. The van der Waals surface area contributed by atoms with Crippen molar-refractivity contribution in [2.24, 2.45) is 0 Å². The molecule has 0 spiro atoms. The van der Waals surface area contributed by atoms with Gasteiger partial charge in [0, 0.05) is 42.8 Å². The van der Waals surface area contributed by atoms with E-state index in [0.717, 1.165) is 38.5 Å². The minimum absolute atomic E-state index is 0.0239. The summed E-state index contributed by atoms with van der Waals surface area (Å²) in [7, 11) is 0. The molecule has 2 aromatic heterocycles. The van der Waals surface area contributed by atoms with E-state index >= 15 is 0 Å². The normalized spacial score (nSPS) is 15.2. The number of nitrogens with one attached hydrogen (secondary N) is 2. The molecule has 0 aliphatic heterocycles. The van der Waals surface area contributed by atoms with Crippen molar-refractivity contribution in [3.8, 4) is 11.3 Å². The van der Waals surface area contributed by atoms with Crippen molar-refractivity contribution >= 4 is 34.0 Å². The fourth-order valence-corrected chi connectivity index (χ4v) is 5.00. The molecular weight excluding hydrogens is 472 g/mol. The van der Waals surface area contributed by atoms with Gasteiger partial charge in [0.25, 0.3) is 5.69 Å². The molecule has 184 valence electrons. The number of nitrogens with zero attached hydrogens (tertiary/aromatic N) is 4. The molecule has 1 aliphatic carbocycles. The molecule has 12 heteroatoms. The van der Waals surface area contributed by atoms with Crippen molar-refractivity contribution in [3.63, 3.8) is 0 Å². The van der Waals surface area contributed by atoms with Gasteiger partial charge in [0.1, 0.15) is 5.54 Å². The van der Waals surface area contributed by atoms with E-state index in [0.29, 0.717) is 28.1 Å². The predicted molar refractivity (Wildman–Crippen MR) is 129 cm³/mol. The van der Waals surface area contributed by atoms with Crippen LogP contribution >= 0.6 is 11.3 Å². The number of carbonyl (C=O) groups is 2. The summed E-state index contributed by atoms with van der Waals surface area (Å²) in [5.74, 6) is 0.397. The Morgan fingerprint density at radius 2 is 1.97 bits per heavy atom. The fraction of sp³-hybridized carbons (Fsp3) is 0.435.